The summed E-state index contributed by atoms with van der Waals surface area (Å²) in [6, 6.07) is 0. The Balaban J connectivity index is 2.72. The van der Waals surface area contributed by atoms with E-state index in [0.29, 0.717) is 32.0 Å². The highest BCUT2D eigenvalue weighted by Crippen LogP contribution is 2.18. The highest BCUT2D eigenvalue weighted by atomic mass is 16.4. The third-order valence-corrected chi connectivity index (χ3v) is 3.15. The first-order valence-corrected chi connectivity index (χ1v) is 6.51. The summed E-state index contributed by atoms with van der Waals surface area (Å²) in [5.74, 6) is 0.747. The molecule has 104 valence electrons. The summed E-state index contributed by atoms with van der Waals surface area (Å²) < 4.78 is 0. The average Bonchev–Trinajstić information content (AvgIpc) is 2.28. The van der Waals surface area contributed by atoms with Crippen LogP contribution in [-0.4, -0.2) is 46.7 Å². The third kappa shape index (κ3) is 3.96. The minimum Gasteiger partial charge on any atom is -0.464 e. The molecular weight excluding hydrogens is 232 g/mol. The van der Waals surface area contributed by atoms with Crippen LogP contribution < -0.4 is 5.73 Å². The minimum atomic E-state index is -1.07. The number of amidine groups is 1. The van der Waals surface area contributed by atoms with Gasteiger partial charge >= 0.3 is 6.09 Å². The van der Waals surface area contributed by atoms with E-state index in [0.717, 1.165) is 17.9 Å². The number of hydrogen-bond donors (Lipinski definition) is 3. The summed E-state index contributed by atoms with van der Waals surface area (Å²) in [4.78, 5) is 11.3. The van der Waals surface area contributed by atoms with E-state index in [9.17, 15) is 9.90 Å². The monoisotopic (exact) mass is 256 g/mol. The van der Waals surface area contributed by atoms with Crippen LogP contribution in [0.3, 0.4) is 0 Å². The molecule has 0 aromatic carbocycles. The van der Waals surface area contributed by atoms with Gasteiger partial charge in [0.2, 0.25) is 0 Å². The topological polar surface area (TPSA) is 93.6 Å². The molecule has 4 N–H and O–H groups in total. The van der Waals surface area contributed by atoms with Gasteiger partial charge in [0.25, 0.3) is 0 Å². The van der Waals surface area contributed by atoms with Crippen molar-refractivity contribution in [1.29, 1.82) is 5.41 Å². The van der Waals surface area contributed by atoms with Crippen LogP contribution in [-0.2, 0) is 0 Å². The fourth-order valence-electron chi connectivity index (χ4n) is 2.30. The number of amides is 1. The Bertz CT molecular complexity index is 306. The minimum absolute atomic E-state index is 0.148. The molecule has 0 aliphatic carbocycles. The normalized spacial score (nSPS) is 21.0. The van der Waals surface area contributed by atoms with Crippen LogP contribution in [0.5, 0.6) is 0 Å². The molecule has 1 amide bonds. The summed E-state index contributed by atoms with van der Waals surface area (Å²) in [7, 11) is 0. The Labute approximate surface area is 108 Å². The van der Waals surface area contributed by atoms with Crippen molar-refractivity contribution < 1.29 is 9.90 Å². The SMILES string of the molecule is CC(C)CC(=N)N(C(=O)O)N1CCC[C@@H](CN)C1. The molecule has 0 radical (unpaired) electrons. The molecule has 1 rings (SSSR count). The van der Waals surface area contributed by atoms with E-state index in [1.807, 2.05) is 13.8 Å². The lowest BCUT2D eigenvalue weighted by molar-refractivity contribution is 0.0107. The predicted octanol–water partition coefficient (Wildman–Crippen LogP) is 1.58. The van der Waals surface area contributed by atoms with Crippen molar-refractivity contribution in [3.8, 4) is 0 Å². The van der Waals surface area contributed by atoms with Gasteiger partial charge in [-0.2, -0.15) is 5.01 Å². The summed E-state index contributed by atoms with van der Waals surface area (Å²) in [5, 5.41) is 20.1. The highest BCUT2D eigenvalue weighted by Gasteiger charge is 2.29. The Kier molecular flexibility index (Phi) is 5.55. The maximum absolute atomic E-state index is 11.3. The zero-order valence-electron chi connectivity index (χ0n) is 11.2. The summed E-state index contributed by atoms with van der Waals surface area (Å²) >= 11 is 0. The standard InChI is InChI=1S/C12H24N4O2/c1-9(2)6-11(14)16(12(17)18)15-5-3-4-10(7-13)8-15/h9-10,14H,3-8,13H2,1-2H3,(H,17,18)/t10-/m0/s1. The average molecular weight is 256 g/mol. The fourth-order valence-corrected chi connectivity index (χ4v) is 2.30. The van der Waals surface area contributed by atoms with Crippen LogP contribution in [0.25, 0.3) is 0 Å². The zero-order chi connectivity index (χ0) is 13.7. The van der Waals surface area contributed by atoms with Gasteiger partial charge in [-0.05, 0) is 31.2 Å². The molecule has 0 spiro atoms. The number of nitrogens with two attached hydrogens (primary N) is 1. The Hall–Kier alpha value is -1.14. The van der Waals surface area contributed by atoms with E-state index in [-0.39, 0.29) is 11.8 Å². The Morgan fingerprint density at radius 3 is 2.78 bits per heavy atom. The van der Waals surface area contributed by atoms with Crippen molar-refractivity contribution >= 4 is 11.9 Å². The maximum atomic E-state index is 11.3. The van der Waals surface area contributed by atoms with Gasteiger partial charge in [0.1, 0.15) is 5.84 Å². The number of hydrazine groups is 1. The number of piperidine rings is 1. The lowest BCUT2D eigenvalue weighted by Gasteiger charge is -2.38. The van der Waals surface area contributed by atoms with Crippen LogP contribution in [0.1, 0.15) is 33.1 Å². The highest BCUT2D eigenvalue weighted by molar-refractivity contribution is 5.92. The van der Waals surface area contributed by atoms with Gasteiger partial charge in [0.15, 0.2) is 0 Å². The van der Waals surface area contributed by atoms with E-state index in [2.05, 4.69) is 0 Å². The molecule has 1 heterocycles. The second kappa shape index (κ2) is 6.70. The zero-order valence-corrected chi connectivity index (χ0v) is 11.2. The van der Waals surface area contributed by atoms with Crippen molar-refractivity contribution in [2.75, 3.05) is 19.6 Å². The van der Waals surface area contributed by atoms with Crippen LogP contribution in [0.4, 0.5) is 4.79 Å². The quantitative estimate of drug-likeness (QED) is 0.526. The Morgan fingerprint density at radius 1 is 1.61 bits per heavy atom. The van der Waals surface area contributed by atoms with Crippen LogP contribution in [0.15, 0.2) is 0 Å². The number of nitrogens with one attached hydrogen (secondary N) is 1. The smallest absolute Gasteiger partial charge is 0.427 e. The maximum Gasteiger partial charge on any atom is 0.427 e. The van der Waals surface area contributed by atoms with Crippen molar-refractivity contribution in [2.24, 2.45) is 17.6 Å². The molecule has 1 saturated heterocycles. The number of carbonyl (C=O) groups is 1. The molecule has 0 bridgehead atoms. The molecule has 1 aliphatic heterocycles. The number of carboxylic acid groups (broad SMARTS) is 1. The van der Waals surface area contributed by atoms with Crippen LogP contribution in [0, 0.1) is 17.2 Å². The summed E-state index contributed by atoms with van der Waals surface area (Å²) in [5.41, 5.74) is 5.65. The number of nitrogens with zero attached hydrogens (tertiary/aromatic N) is 2. The largest absolute Gasteiger partial charge is 0.464 e. The summed E-state index contributed by atoms with van der Waals surface area (Å²) in [6.07, 6.45) is 1.37. The molecule has 18 heavy (non-hydrogen) atoms. The van der Waals surface area contributed by atoms with E-state index in [1.54, 1.807) is 5.01 Å². The molecular formula is C12H24N4O2. The lowest BCUT2D eigenvalue weighted by Crippen LogP contribution is -2.54. The second-order valence-electron chi connectivity index (χ2n) is 5.30. The van der Waals surface area contributed by atoms with Crippen LogP contribution in [0.2, 0.25) is 0 Å². The number of hydrogen-bond acceptors (Lipinski definition) is 4. The van der Waals surface area contributed by atoms with E-state index in [4.69, 9.17) is 11.1 Å². The van der Waals surface area contributed by atoms with Gasteiger partial charge in [0.05, 0.1) is 0 Å². The van der Waals surface area contributed by atoms with E-state index < -0.39 is 6.09 Å². The second-order valence-corrected chi connectivity index (χ2v) is 5.30. The molecule has 0 unspecified atom stereocenters. The molecule has 0 saturated carbocycles. The van der Waals surface area contributed by atoms with Gasteiger partial charge in [-0.15, -0.1) is 0 Å². The first-order chi connectivity index (χ1) is 8.45. The van der Waals surface area contributed by atoms with E-state index in [1.165, 1.54) is 0 Å². The fraction of sp³-hybridized carbons (Fsp3) is 0.833. The van der Waals surface area contributed by atoms with Crippen LogP contribution >= 0.6 is 0 Å². The molecule has 6 heteroatoms. The first-order valence-electron chi connectivity index (χ1n) is 6.51. The molecule has 1 fully saturated rings. The summed E-state index contributed by atoms with van der Waals surface area (Å²) in [6.45, 7) is 5.84. The lowest BCUT2D eigenvalue weighted by atomic mass is 9.99. The van der Waals surface area contributed by atoms with Gasteiger partial charge in [0, 0.05) is 19.5 Å². The van der Waals surface area contributed by atoms with Gasteiger partial charge in [-0.25, -0.2) is 9.80 Å². The molecule has 0 aromatic rings. The van der Waals surface area contributed by atoms with Crippen molar-refractivity contribution in [2.45, 2.75) is 33.1 Å². The van der Waals surface area contributed by atoms with Gasteiger partial charge in [-0.1, -0.05) is 13.8 Å². The molecule has 1 aliphatic rings. The first kappa shape index (κ1) is 14.9. The van der Waals surface area contributed by atoms with Crippen molar-refractivity contribution in [3.63, 3.8) is 0 Å². The molecule has 6 nitrogen and oxygen atoms in total. The Morgan fingerprint density at radius 2 is 2.28 bits per heavy atom. The number of rotatable bonds is 4. The molecule has 0 aromatic heterocycles. The third-order valence-electron chi connectivity index (χ3n) is 3.15. The van der Waals surface area contributed by atoms with E-state index >= 15 is 0 Å². The van der Waals surface area contributed by atoms with Gasteiger partial charge < -0.3 is 10.8 Å². The molecule has 1 atom stereocenters. The predicted molar refractivity (Wildman–Crippen MR) is 70.4 cm³/mol. The van der Waals surface area contributed by atoms with Gasteiger partial charge in [-0.3, -0.25) is 5.41 Å². The van der Waals surface area contributed by atoms with Crippen molar-refractivity contribution in [3.05, 3.63) is 0 Å². The van der Waals surface area contributed by atoms with Crippen molar-refractivity contribution in [1.82, 2.24) is 10.0 Å².